The third-order valence-corrected chi connectivity index (χ3v) is 6.24. The summed E-state index contributed by atoms with van der Waals surface area (Å²) in [5.41, 5.74) is 1.18. The molecular formula is C21H29N3O3. The van der Waals surface area contributed by atoms with Crippen molar-refractivity contribution in [3.05, 3.63) is 34.7 Å². The highest BCUT2D eigenvalue weighted by Gasteiger charge is 2.27. The standard InChI is InChI=1S/C21H29N3O3/c25-19-13-7-4-10-16(19)22-20(26)24-18-12-6-5-11-17(18)23(21(24)27)14-15-8-2-1-3-9-15/h5-6,11-12,15-16,19,25H,1-4,7-10,13-14H2,(H,22,26)/t16-,19-/m0/s1. The molecule has 1 amide bonds. The predicted molar refractivity (Wildman–Crippen MR) is 105 cm³/mol. The Kier molecular flexibility index (Phi) is 5.34. The van der Waals surface area contributed by atoms with E-state index in [-0.39, 0.29) is 11.7 Å². The van der Waals surface area contributed by atoms with Crippen LogP contribution in [0.5, 0.6) is 0 Å². The fourth-order valence-corrected chi connectivity index (χ4v) is 4.71. The lowest BCUT2D eigenvalue weighted by molar-refractivity contribution is 0.0944. The van der Waals surface area contributed by atoms with Gasteiger partial charge >= 0.3 is 11.7 Å². The zero-order valence-corrected chi connectivity index (χ0v) is 15.8. The Labute approximate surface area is 159 Å². The highest BCUT2D eigenvalue weighted by atomic mass is 16.3. The maximum absolute atomic E-state index is 13.1. The minimum atomic E-state index is -0.533. The summed E-state index contributed by atoms with van der Waals surface area (Å²) in [5, 5.41) is 13.1. The number of nitrogens with one attached hydrogen (secondary N) is 1. The van der Waals surface area contributed by atoms with Crippen molar-refractivity contribution in [1.82, 2.24) is 14.5 Å². The van der Waals surface area contributed by atoms with Crippen LogP contribution >= 0.6 is 0 Å². The molecule has 27 heavy (non-hydrogen) atoms. The van der Waals surface area contributed by atoms with Gasteiger partial charge in [-0.1, -0.05) is 44.2 Å². The molecule has 146 valence electrons. The molecule has 6 heteroatoms. The van der Waals surface area contributed by atoms with Gasteiger partial charge in [0.05, 0.1) is 23.2 Å². The molecule has 2 atom stereocenters. The summed E-state index contributed by atoms with van der Waals surface area (Å²) in [7, 11) is 0. The number of rotatable bonds is 3. The molecule has 0 saturated heterocycles. The molecule has 1 aromatic carbocycles. The number of aromatic nitrogens is 2. The van der Waals surface area contributed by atoms with E-state index < -0.39 is 12.1 Å². The van der Waals surface area contributed by atoms with Crippen LogP contribution in [0.15, 0.2) is 29.1 Å². The minimum Gasteiger partial charge on any atom is -0.391 e. The number of aliphatic hydroxyl groups excluding tert-OH is 1. The van der Waals surface area contributed by atoms with Crippen molar-refractivity contribution in [3.63, 3.8) is 0 Å². The molecule has 6 nitrogen and oxygen atoms in total. The minimum absolute atomic E-state index is 0.274. The summed E-state index contributed by atoms with van der Waals surface area (Å²) in [4.78, 5) is 26.1. The van der Waals surface area contributed by atoms with Crippen molar-refractivity contribution >= 4 is 17.1 Å². The Balaban J connectivity index is 1.65. The number of aliphatic hydroxyl groups is 1. The Morgan fingerprint density at radius 3 is 2.41 bits per heavy atom. The van der Waals surface area contributed by atoms with Gasteiger partial charge in [0.15, 0.2) is 0 Å². The molecule has 2 aliphatic carbocycles. The first-order valence-corrected chi connectivity index (χ1v) is 10.3. The average Bonchev–Trinajstić information content (AvgIpc) is 2.96. The largest absolute Gasteiger partial charge is 0.391 e. The van der Waals surface area contributed by atoms with E-state index in [0.717, 1.165) is 37.6 Å². The van der Waals surface area contributed by atoms with Crippen LogP contribution < -0.4 is 11.0 Å². The number of nitrogens with zero attached hydrogens (tertiary/aromatic N) is 2. The first-order valence-electron chi connectivity index (χ1n) is 10.3. The first kappa shape index (κ1) is 18.3. The number of carbonyl (C=O) groups is 1. The maximum Gasteiger partial charge on any atom is 0.337 e. The van der Waals surface area contributed by atoms with Gasteiger partial charge in [0.25, 0.3) is 0 Å². The zero-order chi connectivity index (χ0) is 18.8. The van der Waals surface area contributed by atoms with Crippen molar-refractivity contribution in [3.8, 4) is 0 Å². The fraction of sp³-hybridized carbons (Fsp3) is 0.619. The highest BCUT2D eigenvalue weighted by Crippen LogP contribution is 2.26. The van der Waals surface area contributed by atoms with Gasteiger partial charge in [0, 0.05) is 6.54 Å². The third kappa shape index (κ3) is 3.68. The summed E-state index contributed by atoms with van der Waals surface area (Å²) in [6.45, 7) is 0.672. The molecular weight excluding hydrogens is 342 g/mol. The molecule has 0 bridgehead atoms. The molecule has 2 N–H and O–H groups in total. The Morgan fingerprint density at radius 2 is 1.67 bits per heavy atom. The Morgan fingerprint density at radius 1 is 1.00 bits per heavy atom. The molecule has 0 unspecified atom stereocenters. The van der Waals surface area contributed by atoms with Crippen LogP contribution in [0.3, 0.4) is 0 Å². The Bertz CT molecular complexity index is 863. The molecule has 2 aliphatic rings. The molecule has 2 saturated carbocycles. The van der Waals surface area contributed by atoms with E-state index in [0.29, 0.717) is 24.4 Å². The van der Waals surface area contributed by atoms with E-state index in [1.54, 1.807) is 4.57 Å². The van der Waals surface area contributed by atoms with Gasteiger partial charge in [0.2, 0.25) is 0 Å². The predicted octanol–water partition coefficient (Wildman–Crippen LogP) is 3.24. The molecule has 0 radical (unpaired) electrons. The summed E-state index contributed by atoms with van der Waals surface area (Å²) < 4.78 is 3.02. The van der Waals surface area contributed by atoms with E-state index in [1.165, 1.54) is 23.8 Å². The van der Waals surface area contributed by atoms with Gasteiger partial charge in [0.1, 0.15) is 0 Å². The number of carbonyl (C=O) groups excluding carboxylic acids is 1. The van der Waals surface area contributed by atoms with E-state index in [9.17, 15) is 14.7 Å². The van der Waals surface area contributed by atoms with Gasteiger partial charge in [-0.3, -0.25) is 4.57 Å². The number of hydrogen-bond acceptors (Lipinski definition) is 3. The number of fused-ring (bicyclic) bond motifs is 1. The van der Waals surface area contributed by atoms with Crippen LogP contribution in [0.25, 0.3) is 11.0 Å². The van der Waals surface area contributed by atoms with Crippen molar-refractivity contribution < 1.29 is 9.90 Å². The lowest BCUT2D eigenvalue weighted by Gasteiger charge is -2.28. The highest BCUT2D eigenvalue weighted by molar-refractivity contribution is 5.89. The molecule has 1 aromatic heterocycles. The third-order valence-electron chi connectivity index (χ3n) is 6.24. The Hall–Kier alpha value is -2.08. The van der Waals surface area contributed by atoms with Gasteiger partial charge in [-0.15, -0.1) is 0 Å². The summed E-state index contributed by atoms with van der Waals surface area (Å²) in [6, 6.07) is 6.80. The van der Waals surface area contributed by atoms with Gasteiger partial charge < -0.3 is 10.4 Å². The smallest absolute Gasteiger partial charge is 0.337 e. The van der Waals surface area contributed by atoms with Gasteiger partial charge in [-0.05, 0) is 43.7 Å². The topological polar surface area (TPSA) is 76.3 Å². The van der Waals surface area contributed by atoms with Crippen LogP contribution in [0, 0.1) is 5.92 Å². The number of imidazole rings is 1. The van der Waals surface area contributed by atoms with Crippen LogP contribution in [0.2, 0.25) is 0 Å². The van der Waals surface area contributed by atoms with E-state index >= 15 is 0 Å². The number of amides is 1. The number of hydrogen-bond donors (Lipinski definition) is 2. The monoisotopic (exact) mass is 371 g/mol. The molecule has 4 rings (SSSR count). The lowest BCUT2D eigenvalue weighted by atomic mass is 9.89. The normalized spacial score (nSPS) is 24.2. The fourth-order valence-electron chi connectivity index (χ4n) is 4.71. The number of benzene rings is 1. The van der Waals surface area contributed by atoms with Crippen molar-refractivity contribution in [2.45, 2.75) is 76.5 Å². The van der Waals surface area contributed by atoms with E-state index in [1.807, 2.05) is 24.3 Å². The molecule has 2 fully saturated rings. The lowest BCUT2D eigenvalue weighted by Crippen LogP contribution is -2.48. The van der Waals surface area contributed by atoms with Crippen LogP contribution in [0.4, 0.5) is 4.79 Å². The van der Waals surface area contributed by atoms with Gasteiger partial charge in [-0.25, -0.2) is 14.2 Å². The SMILES string of the molecule is O=C(N[C@H]1CCCC[C@@H]1O)n1c(=O)n(CC2CCCCC2)c2ccccc21. The second kappa shape index (κ2) is 7.89. The molecule has 0 spiro atoms. The summed E-state index contributed by atoms with van der Waals surface area (Å²) in [6.07, 6.45) is 8.89. The molecule has 1 heterocycles. The quantitative estimate of drug-likeness (QED) is 0.870. The van der Waals surface area contributed by atoms with E-state index in [2.05, 4.69) is 5.32 Å². The average molecular weight is 371 g/mol. The van der Waals surface area contributed by atoms with Crippen molar-refractivity contribution in [1.29, 1.82) is 0 Å². The van der Waals surface area contributed by atoms with Crippen LogP contribution in [0.1, 0.15) is 57.8 Å². The van der Waals surface area contributed by atoms with Crippen molar-refractivity contribution in [2.24, 2.45) is 5.92 Å². The summed E-state index contributed by atoms with van der Waals surface area (Å²) >= 11 is 0. The van der Waals surface area contributed by atoms with E-state index in [4.69, 9.17) is 0 Å². The molecule has 0 aliphatic heterocycles. The summed E-state index contributed by atoms with van der Waals surface area (Å²) in [5.74, 6) is 0.499. The molecule has 2 aromatic rings. The van der Waals surface area contributed by atoms with Crippen LogP contribution in [-0.4, -0.2) is 32.4 Å². The maximum atomic E-state index is 13.1. The van der Waals surface area contributed by atoms with Crippen molar-refractivity contribution in [2.75, 3.05) is 0 Å². The van der Waals surface area contributed by atoms with Gasteiger partial charge in [-0.2, -0.15) is 0 Å². The second-order valence-electron chi connectivity index (χ2n) is 8.13. The van der Waals surface area contributed by atoms with Crippen LogP contribution in [-0.2, 0) is 6.54 Å². The second-order valence-corrected chi connectivity index (χ2v) is 8.13. The number of para-hydroxylation sites is 2. The first-order chi connectivity index (χ1) is 13.1. The zero-order valence-electron chi connectivity index (χ0n) is 15.8.